The zero-order chi connectivity index (χ0) is 20.8. The largest absolute Gasteiger partial charge is 0.325 e. The van der Waals surface area contributed by atoms with E-state index in [1.54, 1.807) is 24.5 Å². The molecule has 0 amide bonds. The predicted molar refractivity (Wildman–Crippen MR) is 116 cm³/mol. The van der Waals surface area contributed by atoms with Gasteiger partial charge < -0.3 is 5.32 Å². The number of nitriles is 1. The number of hydrogen-bond acceptors (Lipinski definition) is 5. The third-order valence-electron chi connectivity index (χ3n) is 4.91. The lowest BCUT2D eigenvalue weighted by Crippen LogP contribution is -2.36. The monoisotopic (exact) mass is 420 g/mol. The Labute approximate surface area is 174 Å². The van der Waals surface area contributed by atoms with Crippen LogP contribution < -0.4 is 15.4 Å². The number of nitrogens with zero attached hydrogens (tertiary/aromatic N) is 3. The molecule has 3 N–H and O–H groups in total. The van der Waals surface area contributed by atoms with Crippen LogP contribution in [0.5, 0.6) is 0 Å². The van der Waals surface area contributed by atoms with Crippen molar-refractivity contribution in [1.29, 1.82) is 5.26 Å². The van der Waals surface area contributed by atoms with Crippen molar-refractivity contribution in [1.82, 2.24) is 15.0 Å². The van der Waals surface area contributed by atoms with Crippen LogP contribution in [0, 0.1) is 11.5 Å². The number of guanidine groups is 1. The minimum Gasteiger partial charge on any atom is -0.325 e. The van der Waals surface area contributed by atoms with Crippen molar-refractivity contribution in [2.75, 3.05) is 17.6 Å². The fourth-order valence-electron chi connectivity index (χ4n) is 3.39. The van der Waals surface area contributed by atoms with Crippen LogP contribution >= 0.6 is 0 Å². The highest BCUT2D eigenvalue weighted by Gasteiger charge is 2.18. The van der Waals surface area contributed by atoms with Crippen LogP contribution in [0.25, 0.3) is 0 Å². The molecule has 1 aromatic rings. The van der Waals surface area contributed by atoms with Crippen LogP contribution in [0.4, 0.5) is 5.69 Å². The first-order valence-electron chi connectivity index (χ1n) is 10.5. The second-order valence-electron chi connectivity index (χ2n) is 7.37. The first kappa shape index (κ1) is 23.1. The Morgan fingerprint density at radius 2 is 1.79 bits per heavy atom. The van der Waals surface area contributed by atoms with Gasteiger partial charge in [0.2, 0.25) is 16.0 Å². The van der Waals surface area contributed by atoms with Crippen molar-refractivity contribution < 1.29 is 8.42 Å². The fourth-order valence-corrected chi connectivity index (χ4v) is 4.84. The Morgan fingerprint density at radius 3 is 2.48 bits per heavy atom. The molecule has 2 rings (SSSR count). The number of anilines is 1. The van der Waals surface area contributed by atoms with Gasteiger partial charge in [-0.05, 0) is 37.8 Å². The molecule has 0 aromatic carbocycles. The van der Waals surface area contributed by atoms with Gasteiger partial charge in [-0.3, -0.25) is 15.3 Å². The third kappa shape index (κ3) is 10.2. The molecule has 0 unspecified atom stereocenters. The van der Waals surface area contributed by atoms with Gasteiger partial charge in [0.25, 0.3) is 0 Å². The second-order valence-corrected chi connectivity index (χ2v) is 9.24. The molecule has 1 fully saturated rings. The first-order chi connectivity index (χ1) is 14.1. The molecular weight excluding hydrogens is 388 g/mol. The molecule has 0 aliphatic heterocycles. The SMILES string of the molecule is N#CNC(=NCCCCCCS(=O)(=O)NC1CCCCCC1)Nc1ccncc1. The molecule has 0 saturated heterocycles. The summed E-state index contributed by atoms with van der Waals surface area (Å²) >= 11 is 0. The van der Waals surface area contributed by atoms with Crippen molar-refractivity contribution in [2.24, 2.45) is 4.99 Å². The Hall–Kier alpha value is -2.18. The van der Waals surface area contributed by atoms with Crippen LogP contribution in [0.2, 0.25) is 0 Å². The van der Waals surface area contributed by atoms with Gasteiger partial charge in [0.1, 0.15) is 0 Å². The van der Waals surface area contributed by atoms with Crippen LogP contribution in [0.15, 0.2) is 29.5 Å². The first-order valence-corrected chi connectivity index (χ1v) is 12.1. The van der Waals surface area contributed by atoms with Crippen molar-refractivity contribution in [2.45, 2.75) is 70.3 Å². The molecule has 0 bridgehead atoms. The standard InChI is InChI=1S/C20H32N6O2S/c21-17-24-20(25-18-11-14-22-15-12-18)23-13-7-3-4-8-16-29(27,28)26-19-9-5-1-2-6-10-19/h11-12,14-15,19,26H,1-10,13,16H2,(H2,22,23,24,25). The van der Waals surface area contributed by atoms with Gasteiger partial charge in [-0.15, -0.1) is 0 Å². The van der Waals surface area contributed by atoms with E-state index in [1.165, 1.54) is 12.8 Å². The maximum Gasteiger partial charge on any atom is 0.211 e. The van der Waals surface area contributed by atoms with E-state index in [1.807, 2.05) is 6.19 Å². The van der Waals surface area contributed by atoms with Crippen molar-refractivity contribution in [3.05, 3.63) is 24.5 Å². The molecule has 160 valence electrons. The molecule has 9 heteroatoms. The number of unbranched alkanes of at least 4 members (excludes halogenated alkanes) is 3. The Kier molecular flexibility index (Phi) is 10.5. The van der Waals surface area contributed by atoms with Gasteiger partial charge in [0.05, 0.1) is 5.75 Å². The van der Waals surface area contributed by atoms with Crippen molar-refractivity contribution >= 4 is 21.7 Å². The third-order valence-corrected chi connectivity index (χ3v) is 6.43. The molecule has 0 spiro atoms. The zero-order valence-corrected chi connectivity index (χ0v) is 17.8. The van der Waals surface area contributed by atoms with E-state index in [0.29, 0.717) is 18.9 Å². The minimum absolute atomic E-state index is 0.121. The normalized spacial score (nSPS) is 16.0. The summed E-state index contributed by atoms with van der Waals surface area (Å²) in [6.45, 7) is 0.565. The number of aliphatic imine (C=N–C) groups is 1. The fraction of sp³-hybridized carbons (Fsp3) is 0.650. The van der Waals surface area contributed by atoms with Crippen molar-refractivity contribution in [3.8, 4) is 6.19 Å². The molecule has 1 aliphatic rings. The highest BCUT2D eigenvalue weighted by atomic mass is 32.2. The van der Waals surface area contributed by atoms with E-state index in [-0.39, 0.29) is 11.8 Å². The van der Waals surface area contributed by atoms with Gasteiger partial charge >= 0.3 is 0 Å². The average Bonchev–Trinajstić information content (AvgIpc) is 2.96. The predicted octanol–water partition coefficient (Wildman–Crippen LogP) is 3.12. The average molecular weight is 421 g/mol. The minimum atomic E-state index is -3.18. The number of sulfonamides is 1. The lowest BCUT2D eigenvalue weighted by molar-refractivity contribution is 0.507. The lowest BCUT2D eigenvalue weighted by Gasteiger charge is -2.16. The number of aromatic nitrogens is 1. The summed E-state index contributed by atoms with van der Waals surface area (Å²) < 4.78 is 27.4. The Balaban J connectivity index is 1.62. The summed E-state index contributed by atoms with van der Waals surface area (Å²) in [4.78, 5) is 8.31. The van der Waals surface area contributed by atoms with Gasteiger partial charge in [0.15, 0.2) is 6.19 Å². The van der Waals surface area contributed by atoms with Crippen LogP contribution in [-0.4, -0.2) is 37.7 Å². The summed E-state index contributed by atoms with van der Waals surface area (Å²) in [5.74, 6) is 0.589. The maximum absolute atomic E-state index is 12.3. The Bertz CT molecular complexity index is 753. The summed E-state index contributed by atoms with van der Waals surface area (Å²) in [5.41, 5.74) is 0.799. The van der Waals surface area contributed by atoms with E-state index in [0.717, 1.165) is 50.6 Å². The molecule has 1 heterocycles. The second kappa shape index (κ2) is 13.1. The molecule has 8 nitrogen and oxygen atoms in total. The molecule has 0 atom stereocenters. The summed E-state index contributed by atoms with van der Waals surface area (Å²) in [7, 11) is -3.18. The van der Waals surface area contributed by atoms with E-state index in [9.17, 15) is 8.42 Å². The molecule has 29 heavy (non-hydrogen) atoms. The molecule has 1 aromatic heterocycles. The maximum atomic E-state index is 12.3. The highest BCUT2D eigenvalue weighted by Crippen LogP contribution is 2.18. The molecular formula is C20H32N6O2S. The Morgan fingerprint density at radius 1 is 1.10 bits per heavy atom. The molecule has 1 saturated carbocycles. The number of hydrogen-bond donors (Lipinski definition) is 3. The smallest absolute Gasteiger partial charge is 0.211 e. The quantitative estimate of drug-likeness (QED) is 0.134. The zero-order valence-electron chi connectivity index (χ0n) is 16.9. The lowest BCUT2D eigenvalue weighted by atomic mass is 10.1. The van der Waals surface area contributed by atoms with E-state index >= 15 is 0 Å². The van der Waals surface area contributed by atoms with Gasteiger partial charge in [-0.25, -0.2) is 13.1 Å². The van der Waals surface area contributed by atoms with Gasteiger partial charge in [-0.2, -0.15) is 5.26 Å². The summed E-state index contributed by atoms with van der Waals surface area (Å²) in [5, 5.41) is 14.4. The summed E-state index contributed by atoms with van der Waals surface area (Å²) in [6.07, 6.45) is 15.0. The van der Waals surface area contributed by atoms with E-state index < -0.39 is 10.0 Å². The molecule has 1 aliphatic carbocycles. The van der Waals surface area contributed by atoms with Crippen molar-refractivity contribution in [3.63, 3.8) is 0 Å². The highest BCUT2D eigenvalue weighted by molar-refractivity contribution is 7.89. The van der Waals surface area contributed by atoms with Crippen LogP contribution in [0.3, 0.4) is 0 Å². The van der Waals surface area contributed by atoms with E-state index in [4.69, 9.17) is 5.26 Å². The number of rotatable bonds is 10. The van der Waals surface area contributed by atoms with E-state index in [2.05, 4.69) is 25.3 Å². The topological polar surface area (TPSA) is 119 Å². The van der Waals surface area contributed by atoms with Gasteiger partial charge in [0, 0.05) is 30.7 Å². The number of nitrogens with one attached hydrogen (secondary N) is 3. The van der Waals surface area contributed by atoms with Crippen LogP contribution in [-0.2, 0) is 10.0 Å². The van der Waals surface area contributed by atoms with Crippen LogP contribution in [0.1, 0.15) is 64.2 Å². The number of pyridine rings is 1. The van der Waals surface area contributed by atoms with Gasteiger partial charge in [-0.1, -0.05) is 38.5 Å². The molecule has 0 radical (unpaired) electrons. The summed E-state index contributed by atoms with van der Waals surface area (Å²) in [6, 6.07) is 3.70.